The fourth-order valence-electron chi connectivity index (χ4n) is 4.59. The summed E-state index contributed by atoms with van der Waals surface area (Å²) in [6.45, 7) is 0.587. The predicted molar refractivity (Wildman–Crippen MR) is 152 cm³/mol. The summed E-state index contributed by atoms with van der Waals surface area (Å²) in [5.74, 6) is -0.0628. The number of hydrogen-bond acceptors (Lipinski definition) is 5. The van der Waals surface area contributed by atoms with Crippen LogP contribution in [0.1, 0.15) is 11.1 Å². The Labute approximate surface area is 222 Å². The van der Waals surface area contributed by atoms with Gasteiger partial charge in [-0.15, -0.1) is 0 Å². The van der Waals surface area contributed by atoms with Crippen molar-refractivity contribution in [2.75, 3.05) is 23.8 Å². The van der Waals surface area contributed by atoms with E-state index < -0.39 is 6.04 Å². The number of H-pyrrole nitrogens is 1. The number of benzene rings is 3. The first-order valence-corrected chi connectivity index (χ1v) is 12.7. The summed E-state index contributed by atoms with van der Waals surface area (Å²) in [6.07, 6.45) is 5.96. The Hall–Kier alpha value is -4.62. The van der Waals surface area contributed by atoms with E-state index in [1.807, 2.05) is 91.1 Å². The highest BCUT2D eigenvalue weighted by Crippen LogP contribution is 2.23. The molecule has 0 bridgehead atoms. The standard InChI is InChI=1S/C31H31N5O2/c37-19-18-36(22-23-6-2-1-3-7-23)31(38)30(20-24-21-33-29-9-5-4-8-28(24)29)35-26-12-10-25(11-13-26)34-27-14-16-32-17-15-27/h1-17,21,30,33,35,37H,18-20,22H2,(H,32,34)/t30-/m1/s1. The van der Waals surface area contributed by atoms with Gasteiger partial charge in [0.1, 0.15) is 6.04 Å². The Morgan fingerprint density at radius 3 is 2.32 bits per heavy atom. The molecule has 5 rings (SSSR count). The SMILES string of the molecule is O=C([C@@H](Cc1c[nH]c2ccccc12)Nc1ccc(Nc2ccncc2)cc1)N(CCO)Cc1ccccc1. The van der Waals surface area contributed by atoms with Gasteiger partial charge < -0.3 is 25.6 Å². The summed E-state index contributed by atoms with van der Waals surface area (Å²) < 4.78 is 0. The van der Waals surface area contributed by atoms with Crippen LogP contribution in [0.4, 0.5) is 17.1 Å². The largest absolute Gasteiger partial charge is 0.395 e. The summed E-state index contributed by atoms with van der Waals surface area (Å²) in [6, 6.07) is 29.1. The van der Waals surface area contributed by atoms with E-state index in [4.69, 9.17) is 0 Å². The summed E-state index contributed by atoms with van der Waals surface area (Å²) >= 11 is 0. The molecule has 4 N–H and O–H groups in total. The van der Waals surface area contributed by atoms with Crippen molar-refractivity contribution in [1.29, 1.82) is 0 Å². The molecule has 0 unspecified atom stereocenters. The van der Waals surface area contributed by atoms with Crippen LogP contribution in [0.2, 0.25) is 0 Å². The van der Waals surface area contributed by atoms with Crippen LogP contribution in [0.15, 0.2) is 110 Å². The number of aromatic nitrogens is 2. The summed E-state index contributed by atoms with van der Waals surface area (Å²) in [5, 5.41) is 17.7. The van der Waals surface area contributed by atoms with Gasteiger partial charge in [-0.25, -0.2) is 0 Å². The fourth-order valence-corrected chi connectivity index (χ4v) is 4.59. The quantitative estimate of drug-likeness (QED) is 0.194. The molecular weight excluding hydrogens is 474 g/mol. The van der Waals surface area contributed by atoms with Crippen LogP contribution in [-0.2, 0) is 17.8 Å². The van der Waals surface area contributed by atoms with E-state index in [2.05, 4.69) is 26.7 Å². The molecule has 0 saturated heterocycles. The molecule has 0 aliphatic carbocycles. The van der Waals surface area contributed by atoms with Gasteiger partial charge in [0.2, 0.25) is 5.91 Å². The third-order valence-electron chi connectivity index (χ3n) is 6.49. The molecule has 7 heteroatoms. The molecule has 3 aromatic carbocycles. The van der Waals surface area contributed by atoms with Crippen LogP contribution in [0.25, 0.3) is 10.9 Å². The molecule has 0 aliphatic heterocycles. The van der Waals surface area contributed by atoms with Crippen molar-refractivity contribution >= 4 is 33.9 Å². The molecule has 1 atom stereocenters. The topological polar surface area (TPSA) is 93.3 Å². The number of aromatic amines is 1. The highest BCUT2D eigenvalue weighted by molar-refractivity contribution is 5.88. The molecule has 0 aliphatic rings. The average molecular weight is 506 g/mol. The van der Waals surface area contributed by atoms with Crippen molar-refractivity contribution in [2.24, 2.45) is 0 Å². The minimum Gasteiger partial charge on any atom is -0.395 e. The first-order valence-electron chi connectivity index (χ1n) is 12.7. The van der Waals surface area contributed by atoms with Crippen LogP contribution in [0.5, 0.6) is 0 Å². The van der Waals surface area contributed by atoms with Crippen LogP contribution < -0.4 is 10.6 Å². The Balaban J connectivity index is 1.39. The molecule has 1 amide bonds. The number of pyridine rings is 1. The number of carbonyl (C=O) groups is 1. The number of anilines is 3. The molecule has 0 fully saturated rings. The number of para-hydroxylation sites is 1. The van der Waals surface area contributed by atoms with E-state index in [1.54, 1.807) is 17.3 Å². The number of fused-ring (bicyclic) bond motifs is 1. The summed E-state index contributed by atoms with van der Waals surface area (Å²) in [5.41, 5.74) is 5.85. The van der Waals surface area contributed by atoms with Crippen molar-refractivity contribution in [3.8, 4) is 0 Å². The van der Waals surface area contributed by atoms with E-state index in [0.29, 0.717) is 13.0 Å². The van der Waals surface area contributed by atoms with Crippen LogP contribution in [0, 0.1) is 0 Å². The van der Waals surface area contributed by atoms with Gasteiger partial charge in [0.15, 0.2) is 0 Å². The molecule has 5 aromatic rings. The number of carbonyl (C=O) groups excluding carboxylic acids is 1. The smallest absolute Gasteiger partial charge is 0.245 e. The second-order valence-corrected chi connectivity index (χ2v) is 9.17. The summed E-state index contributed by atoms with van der Waals surface area (Å²) in [4.78, 5) is 23.0. The van der Waals surface area contributed by atoms with Gasteiger partial charge in [0.05, 0.1) is 6.61 Å². The minimum absolute atomic E-state index is 0.0628. The number of nitrogens with one attached hydrogen (secondary N) is 3. The van der Waals surface area contributed by atoms with Crippen LogP contribution in [0.3, 0.4) is 0 Å². The Morgan fingerprint density at radius 1 is 0.868 bits per heavy atom. The molecule has 192 valence electrons. The van der Waals surface area contributed by atoms with Gasteiger partial charge in [0.25, 0.3) is 0 Å². The van der Waals surface area contributed by atoms with Gasteiger partial charge in [-0.05, 0) is 53.6 Å². The molecule has 0 saturated carbocycles. The lowest BCUT2D eigenvalue weighted by atomic mass is 10.0. The Kier molecular flexibility index (Phi) is 7.96. The monoisotopic (exact) mass is 505 g/mol. The zero-order valence-electron chi connectivity index (χ0n) is 21.0. The molecule has 0 radical (unpaired) electrons. The zero-order valence-corrected chi connectivity index (χ0v) is 21.0. The van der Waals surface area contributed by atoms with Gasteiger partial charge in [-0.1, -0.05) is 48.5 Å². The molecule has 0 spiro atoms. The van der Waals surface area contributed by atoms with Gasteiger partial charge >= 0.3 is 0 Å². The van der Waals surface area contributed by atoms with Crippen LogP contribution in [-0.4, -0.2) is 45.1 Å². The molecule has 2 heterocycles. The van der Waals surface area contributed by atoms with Crippen molar-refractivity contribution in [3.05, 3.63) is 121 Å². The minimum atomic E-state index is -0.525. The maximum absolute atomic E-state index is 13.9. The normalized spacial score (nSPS) is 11.7. The Bertz CT molecular complexity index is 1450. The van der Waals surface area contributed by atoms with Crippen molar-refractivity contribution < 1.29 is 9.90 Å². The first kappa shape index (κ1) is 25.0. The fraction of sp³-hybridized carbons (Fsp3) is 0.161. The van der Waals surface area contributed by atoms with Gasteiger partial charge in [-0.3, -0.25) is 9.78 Å². The zero-order chi connectivity index (χ0) is 26.2. The van der Waals surface area contributed by atoms with Gasteiger partial charge in [0, 0.05) is 66.1 Å². The maximum atomic E-state index is 13.9. The third-order valence-corrected chi connectivity index (χ3v) is 6.49. The predicted octanol–water partition coefficient (Wildman–Crippen LogP) is 5.35. The van der Waals surface area contributed by atoms with Crippen molar-refractivity contribution in [1.82, 2.24) is 14.9 Å². The van der Waals surface area contributed by atoms with E-state index >= 15 is 0 Å². The maximum Gasteiger partial charge on any atom is 0.245 e. The highest BCUT2D eigenvalue weighted by Gasteiger charge is 2.26. The summed E-state index contributed by atoms with van der Waals surface area (Å²) in [7, 11) is 0. The number of amides is 1. The Morgan fingerprint density at radius 2 is 1.55 bits per heavy atom. The highest BCUT2D eigenvalue weighted by atomic mass is 16.3. The van der Waals surface area contributed by atoms with Gasteiger partial charge in [-0.2, -0.15) is 0 Å². The lowest BCUT2D eigenvalue weighted by Gasteiger charge is -2.28. The molecule has 7 nitrogen and oxygen atoms in total. The van der Waals surface area contributed by atoms with Crippen molar-refractivity contribution in [2.45, 2.75) is 19.0 Å². The number of hydrogen-bond donors (Lipinski definition) is 4. The lowest BCUT2D eigenvalue weighted by Crippen LogP contribution is -2.45. The molecular formula is C31H31N5O2. The third kappa shape index (κ3) is 6.19. The number of aliphatic hydroxyl groups excluding tert-OH is 1. The molecule has 2 aromatic heterocycles. The molecule has 38 heavy (non-hydrogen) atoms. The van der Waals surface area contributed by atoms with E-state index in [1.165, 1.54) is 0 Å². The van der Waals surface area contributed by atoms with E-state index in [0.717, 1.165) is 39.1 Å². The van der Waals surface area contributed by atoms with E-state index in [-0.39, 0.29) is 19.1 Å². The number of aliphatic hydroxyl groups is 1. The van der Waals surface area contributed by atoms with E-state index in [9.17, 15) is 9.90 Å². The number of rotatable bonds is 11. The van der Waals surface area contributed by atoms with Crippen molar-refractivity contribution in [3.63, 3.8) is 0 Å². The average Bonchev–Trinajstić information content (AvgIpc) is 3.37. The second-order valence-electron chi connectivity index (χ2n) is 9.17. The first-order chi connectivity index (χ1) is 18.7. The second kappa shape index (κ2) is 12.1. The van der Waals surface area contributed by atoms with Crippen LogP contribution >= 0.6 is 0 Å². The lowest BCUT2D eigenvalue weighted by molar-refractivity contribution is -0.133. The number of nitrogens with zero attached hydrogens (tertiary/aromatic N) is 2.